The number of rotatable bonds is 5. The van der Waals surface area contributed by atoms with Crippen LogP contribution in [-0.4, -0.2) is 30.6 Å². The lowest BCUT2D eigenvalue weighted by atomic mass is 9.97. The molecule has 1 fully saturated rings. The molecular weight excluding hydrogens is 408 g/mol. The summed E-state index contributed by atoms with van der Waals surface area (Å²) in [6.07, 6.45) is 7.19. The Kier molecular flexibility index (Phi) is 6.80. The summed E-state index contributed by atoms with van der Waals surface area (Å²) in [7, 11) is -3.75. The minimum absolute atomic E-state index is 0.0775. The molecule has 1 aromatic heterocycles. The first kappa shape index (κ1) is 20.2. The summed E-state index contributed by atoms with van der Waals surface area (Å²) in [5.41, 5.74) is 0.395. The molecule has 0 saturated heterocycles. The predicted molar refractivity (Wildman–Crippen MR) is 106 cm³/mol. The lowest BCUT2D eigenvalue weighted by molar-refractivity contribution is 0.102. The van der Waals surface area contributed by atoms with Crippen molar-refractivity contribution in [3.63, 3.8) is 0 Å². The third-order valence-corrected chi connectivity index (χ3v) is 7.37. The van der Waals surface area contributed by atoms with Gasteiger partial charge in [0.05, 0.1) is 0 Å². The number of sulfonamides is 1. The van der Waals surface area contributed by atoms with Crippen molar-refractivity contribution in [2.45, 2.75) is 55.3 Å². The van der Waals surface area contributed by atoms with Crippen LogP contribution in [-0.2, 0) is 10.0 Å². The van der Waals surface area contributed by atoms with Crippen LogP contribution in [0, 0.1) is 0 Å². The number of hydrogen-bond acceptors (Lipinski definition) is 6. The molecule has 1 aromatic carbocycles. The lowest BCUT2D eigenvalue weighted by Gasteiger charge is -2.19. The second-order valence-corrected chi connectivity index (χ2v) is 9.80. The number of carbonyl (C=O) groups excluding carboxylic acids is 1. The Bertz CT molecular complexity index is 876. The zero-order chi connectivity index (χ0) is 19.3. The molecule has 0 atom stereocenters. The Hall–Kier alpha value is -1.55. The van der Waals surface area contributed by atoms with E-state index in [0.717, 1.165) is 49.9 Å². The first-order valence-corrected chi connectivity index (χ1v) is 11.5. The van der Waals surface area contributed by atoms with Crippen molar-refractivity contribution in [1.29, 1.82) is 0 Å². The van der Waals surface area contributed by atoms with Crippen LogP contribution in [0.2, 0.25) is 5.02 Å². The quantitative estimate of drug-likeness (QED) is 0.704. The number of aromatic nitrogens is 2. The first-order valence-electron chi connectivity index (χ1n) is 8.87. The van der Waals surface area contributed by atoms with Crippen LogP contribution in [0.5, 0.6) is 0 Å². The standard InChI is InChI=1S/C17H21ClN4O3S2/c18-13-10-8-12(9-11-13)15(23)19-16-20-21-17(26-16)27(24,25)22-14-6-4-2-1-3-5-7-14/h8-11,14,22H,1-7H2,(H,19,20,23). The fourth-order valence-corrected chi connectivity index (χ4v) is 5.33. The number of anilines is 1. The molecule has 0 spiro atoms. The van der Waals surface area contributed by atoms with Gasteiger partial charge in [-0.25, -0.2) is 13.1 Å². The van der Waals surface area contributed by atoms with E-state index in [4.69, 9.17) is 11.6 Å². The Morgan fingerprint density at radius 2 is 1.67 bits per heavy atom. The second kappa shape index (κ2) is 9.09. The highest BCUT2D eigenvalue weighted by Gasteiger charge is 2.25. The number of nitrogens with one attached hydrogen (secondary N) is 2. The van der Waals surface area contributed by atoms with Crippen molar-refractivity contribution in [3.05, 3.63) is 34.9 Å². The predicted octanol–water partition coefficient (Wildman–Crippen LogP) is 3.84. The van der Waals surface area contributed by atoms with E-state index < -0.39 is 15.9 Å². The molecule has 3 rings (SSSR count). The van der Waals surface area contributed by atoms with Crippen LogP contribution >= 0.6 is 22.9 Å². The lowest BCUT2D eigenvalue weighted by Crippen LogP contribution is -2.35. The molecule has 7 nitrogen and oxygen atoms in total. The molecule has 2 N–H and O–H groups in total. The summed E-state index contributed by atoms with van der Waals surface area (Å²) in [6.45, 7) is 0. The molecule has 0 radical (unpaired) electrons. The van der Waals surface area contributed by atoms with Gasteiger partial charge in [-0.1, -0.05) is 55.0 Å². The molecule has 10 heteroatoms. The van der Waals surface area contributed by atoms with Gasteiger partial charge in [0.1, 0.15) is 0 Å². The van der Waals surface area contributed by atoms with Crippen LogP contribution in [0.3, 0.4) is 0 Å². The Morgan fingerprint density at radius 1 is 1.04 bits per heavy atom. The highest BCUT2D eigenvalue weighted by molar-refractivity contribution is 7.91. The zero-order valence-electron chi connectivity index (χ0n) is 14.7. The number of nitrogens with zero attached hydrogens (tertiary/aromatic N) is 2. The highest BCUT2D eigenvalue weighted by Crippen LogP contribution is 2.23. The fraction of sp³-hybridized carbons (Fsp3) is 0.471. The van der Waals surface area contributed by atoms with Gasteiger partial charge in [0.2, 0.25) is 9.47 Å². The number of halogens is 1. The fourth-order valence-electron chi connectivity index (χ4n) is 2.98. The van der Waals surface area contributed by atoms with E-state index in [1.165, 1.54) is 6.42 Å². The highest BCUT2D eigenvalue weighted by atomic mass is 35.5. The third-order valence-electron chi connectivity index (χ3n) is 4.39. The molecule has 1 aliphatic carbocycles. The Labute approximate surface area is 167 Å². The van der Waals surface area contributed by atoms with Crippen molar-refractivity contribution >= 4 is 44.0 Å². The average molecular weight is 429 g/mol. The monoisotopic (exact) mass is 428 g/mol. The summed E-state index contributed by atoms with van der Waals surface area (Å²) in [5.74, 6) is -0.403. The topological polar surface area (TPSA) is 101 Å². The van der Waals surface area contributed by atoms with E-state index in [2.05, 4.69) is 20.2 Å². The van der Waals surface area contributed by atoms with Crippen molar-refractivity contribution in [3.8, 4) is 0 Å². The number of benzene rings is 1. The third kappa shape index (κ3) is 5.71. The van der Waals surface area contributed by atoms with Gasteiger partial charge in [-0.3, -0.25) is 10.1 Å². The summed E-state index contributed by atoms with van der Waals surface area (Å²) in [4.78, 5) is 12.2. The molecule has 146 valence electrons. The number of amides is 1. The molecular formula is C17H21ClN4O3S2. The van der Waals surface area contributed by atoms with Crippen LogP contribution in [0.4, 0.5) is 5.13 Å². The normalized spacial score (nSPS) is 16.5. The van der Waals surface area contributed by atoms with E-state index in [9.17, 15) is 13.2 Å². The summed E-state index contributed by atoms with van der Waals surface area (Å²) in [5, 5.41) is 10.7. The van der Waals surface area contributed by atoms with Crippen LogP contribution < -0.4 is 10.0 Å². The largest absolute Gasteiger partial charge is 0.296 e. The van der Waals surface area contributed by atoms with E-state index >= 15 is 0 Å². The number of carbonyl (C=O) groups is 1. The van der Waals surface area contributed by atoms with Gasteiger partial charge in [0, 0.05) is 16.6 Å². The van der Waals surface area contributed by atoms with Crippen LogP contribution in [0.1, 0.15) is 55.3 Å². The van der Waals surface area contributed by atoms with Crippen molar-refractivity contribution < 1.29 is 13.2 Å². The molecule has 0 aliphatic heterocycles. The van der Waals surface area contributed by atoms with Gasteiger partial charge in [-0.2, -0.15) is 0 Å². The van der Waals surface area contributed by atoms with Gasteiger partial charge in [0.25, 0.3) is 15.9 Å². The summed E-state index contributed by atoms with van der Waals surface area (Å²) in [6, 6.07) is 6.28. The average Bonchev–Trinajstić information content (AvgIpc) is 3.07. The molecule has 0 bridgehead atoms. The second-order valence-electron chi connectivity index (χ2n) is 6.50. The smallest absolute Gasteiger partial charge is 0.270 e. The molecule has 0 unspecified atom stereocenters. The van der Waals surface area contributed by atoms with Crippen molar-refractivity contribution in [2.24, 2.45) is 0 Å². The van der Waals surface area contributed by atoms with Gasteiger partial charge in [0.15, 0.2) is 0 Å². The van der Waals surface area contributed by atoms with E-state index in [-0.39, 0.29) is 15.5 Å². The summed E-state index contributed by atoms with van der Waals surface area (Å²) >= 11 is 6.64. The molecule has 2 aromatic rings. The molecule has 1 saturated carbocycles. The SMILES string of the molecule is O=C(Nc1nnc(S(=O)(=O)NC2CCCCCCC2)s1)c1ccc(Cl)cc1. The minimum Gasteiger partial charge on any atom is -0.296 e. The Morgan fingerprint density at radius 3 is 2.33 bits per heavy atom. The Balaban J connectivity index is 1.64. The number of hydrogen-bond donors (Lipinski definition) is 2. The van der Waals surface area contributed by atoms with Gasteiger partial charge >= 0.3 is 0 Å². The maximum absolute atomic E-state index is 12.6. The maximum Gasteiger partial charge on any atom is 0.270 e. The first-order chi connectivity index (χ1) is 12.9. The van der Waals surface area contributed by atoms with Crippen LogP contribution in [0.25, 0.3) is 0 Å². The van der Waals surface area contributed by atoms with E-state index in [1.54, 1.807) is 24.3 Å². The van der Waals surface area contributed by atoms with Crippen molar-refractivity contribution in [1.82, 2.24) is 14.9 Å². The van der Waals surface area contributed by atoms with Gasteiger partial charge < -0.3 is 0 Å². The molecule has 1 amide bonds. The van der Waals surface area contributed by atoms with E-state index in [0.29, 0.717) is 10.6 Å². The zero-order valence-corrected chi connectivity index (χ0v) is 17.0. The molecule has 27 heavy (non-hydrogen) atoms. The minimum atomic E-state index is -3.75. The van der Waals surface area contributed by atoms with E-state index in [1.807, 2.05) is 0 Å². The van der Waals surface area contributed by atoms with Crippen molar-refractivity contribution in [2.75, 3.05) is 5.32 Å². The van der Waals surface area contributed by atoms with Gasteiger partial charge in [-0.15, -0.1) is 10.2 Å². The van der Waals surface area contributed by atoms with Crippen LogP contribution in [0.15, 0.2) is 28.6 Å². The summed E-state index contributed by atoms with van der Waals surface area (Å²) < 4.78 is 27.7. The molecule has 1 aliphatic rings. The molecule has 1 heterocycles. The van der Waals surface area contributed by atoms with Gasteiger partial charge in [-0.05, 0) is 37.1 Å². The maximum atomic E-state index is 12.6.